The molecule has 1 unspecified atom stereocenters. The Hall–Kier alpha value is -1.69. The molecule has 6 atom stereocenters. The van der Waals surface area contributed by atoms with Gasteiger partial charge in [-0.05, 0) is 75.2 Å². The summed E-state index contributed by atoms with van der Waals surface area (Å²) < 4.78 is 0. The number of carbonyl (C=O) groups is 1. The third kappa shape index (κ3) is 8.76. The van der Waals surface area contributed by atoms with Crippen LogP contribution in [0.3, 0.4) is 0 Å². The Morgan fingerprint density at radius 1 is 1.03 bits per heavy atom. The molecule has 0 aromatic heterocycles. The molecular formula is C26H40O5. The van der Waals surface area contributed by atoms with E-state index in [4.69, 9.17) is 0 Å². The minimum atomic E-state index is -0.726. The van der Waals surface area contributed by atoms with Crippen molar-refractivity contribution in [3.63, 3.8) is 0 Å². The number of rotatable bonds is 14. The molecule has 5 nitrogen and oxygen atoms in total. The number of benzene rings is 1. The van der Waals surface area contributed by atoms with Gasteiger partial charge in [0.25, 0.3) is 0 Å². The lowest BCUT2D eigenvalue weighted by molar-refractivity contribution is -0.142. The number of carboxylic acid groups (broad SMARTS) is 1. The molecular weight excluding hydrogens is 392 g/mol. The SMILES string of the molecule is CCCC(CCC=CC[C@@H]1[C@@H](CC[C@@H](O)CCc2ccccc2)[C@H](O)C[C@@H]1O)C(=O)O. The maximum absolute atomic E-state index is 11.2. The Labute approximate surface area is 186 Å². The van der Waals surface area contributed by atoms with E-state index >= 15 is 0 Å². The first-order chi connectivity index (χ1) is 14.9. The fourth-order valence-electron chi connectivity index (χ4n) is 4.82. The van der Waals surface area contributed by atoms with Gasteiger partial charge in [-0.15, -0.1) is 0 Å². The first kappa shape index (κ1) is 25.6. The summed E-state index contributed by atoms with van der Waals surface area (Å²) in [6, 6.07) is 10.1. The number of aryl methyl sites for hydroxylation is 1. The van der Waals surface area contributed by atoms with Crippen LogP contribution >= 0.6 is 0 Å². The highest BCUT2D eigenvalue weighted by atomic mass is 16.4. The van der Waals surface area contributed by atoms with E-state index in [2.05, 4.69) is 12.1 Å². The fourth-order valence-corrected chi connectivity index (χ4v) is 4.82. The standard InChI is InChI=1S/C26H40O5/c1-2-9-20(26(30)31)12-7-4-8-13-22-23(25(29)18-24(22)28)17-16-21(27)15-14-19-10-5-3-6-11-19/h3-6,8,10-11,20-25,27-29H,2,7,9,12-18H2,1H3,(H,30,31)/t20?,21-,22+,23+,24-,25+/m0/s1. The van der Waals surface area contributed by atoms with Gasteiger partial charge < -0.3 is 20.4 Å². The van der Waals surface area contributed by atoms with Gasteiger partial charge in [-0.2, -0.15) is 0 Å². The molecule has 2 rings (SSSR count). The molecule has 4 N–H and O–H groups in total. The van der Waals surface area contributed by atoms with Crippen molar-refractivity contribution in [2.24, 2.45) is 17.8 Å². The van der Waals surface area contributed by atoms with Crippen LogP contribution in [0.15, 0.2) is 42.5 Å². The number of aliphatic hydroxyl groups excluding tert-OH is 3. The Bertz CT molecular complexity index is 659. The van der Waals surface area contributed by atoms with E-state index in [9.17, 15) is 25.2 Å². The third-order valence-corrected chi connectivity index (χ3v) is 6.71. The van der Waals surface area contributed by atoms with E-state index in [1.807, 2.05) is 37.3 Å². The molecule has 174 valence electrons. The number of hydrogen-bond acceptors (Lipinski definition) is 4. The molecule has 0 saturated heterocycles. The monoisotopic (exact) mass is 432 g/mol. The van der Waals surface area contributed by atoms with Crippen molar-refractivity contribution in [1.82, 2.24) is 0 Å². The molecule has 5 heteroatoms. The number of carboxylic acids is 1. The van der Waals surface area contributed by atoms with Gasteiger partial charge in [-0.25, -0.2) is 0 Å². The topological polar surface area (TPSA) is 98.0 Å². The second-order valence-corrected chi connectivity index (χ2v) is 9.06. The van der Waals surface area contributed by atoms with Gasteiger partial charge in [-0.1, -0.05) is 55.8 Å². The molecule has 0 aliphatic heterocycles. The van der Waals surface area contributed by atoms with Crippen LogP contribution in [-0.4, -0.2) is 44.7 Å². The van der Waals surface area contributed by atoms with Crippen molar-refractivity contribution in [2.75, 3.05) is 0 Å². The second-order valence-electron chi connectivity index (χ2n) is 9.06. The summed E-state index contributed by atoms with van der Waals surface area (Å²) in [7, 11) is 0. The second kappa shape index (κ2) is 13.7. The van der Waals surface area contributed by atoms with Gasteiger partial charge in [0.15, 0.2) is 0 Å². The molecule has 1 aliphatic rings. The smallest absolute Gasteiger partial charge is 0.306 e. The van der Waals surface area contributed by atoms with Crippen molar-refractivity contribution in [1.29, 1.82) is 0 Å². The van der Waals surface area contributed by atoms with Crippen molar-refractivity contribution in [3.05, 3.63) is 48.0 Å². The van der Waals surface area contributed by atoms with Gasteiger partial charge in [0, 0.05) is 0 Å². The van der Waals surface area contributed by atoms with Crippen molar-refractivity contribution >= 4 is 5.97 Å². The Balaban J connectivity index is 1.76. The largest absolute Gasteiger partial charge is 0.481 e. The maximum Gasteiger partial charge on any atom is 0.306 e. The fraction of sp³-hybridized carbons (Fsp3) is 0.654. The summed E-state index contributed by atoms with van der Waals surface area (Å²) in [6.07, 6.45) is 9.39. The van der Waals surface area contributed by atoms with Gasteiger partial charge in [0.05, 0.1) is 24.2 Å². The van der Waals surface area contributed by atoms with Gasteiger partial charge in [-0.3, -0.25) is 4.79 Å². The molecule has 0 amide bonds. The van der Waals surface area contributed by atoms with E-state index < -0.39 is 24.3 Å². The molecule has 0 heterocycles. The van der Waals surface area contributed by atoms with E-state index in [0.717, 1.165) is 12.8 Å². The third-order valence-electron chi connectivity index (χ3n) is 6.71. The van der Waals surface area contributed by atoms with E-state index in [1.54, 1.807) is 0 Å². The molecule has 1 fully saturated rings. The van der Waals surface area contributed by atoms with Crippen LogP contribution in [0.5, 0.6) is 0 Å². The molecule has 0 radical (unpaired) electrons. The Morgan fingerprint density at radius 2 is 1.74 bits per heavy atom. The predicted octanol–water partition coefficient (Wildman–Crippen LogP) is 4.35. The van der Waals surface area contributed by atoms with Crippen LogP contribution in [0.4, 0.5) is 0 Å². The average molecular weight is 433 g/mol. The van der Waals surface area contributed by atoms with Crippen LogP contribution < -0.4 is 0 Å². The molecule has 31 heavy (non-hydrogen) atoms. The molecule has 1 aromatic rings. The van der Waals surface area contributed by atoms with Crippen LogP contribution in [-0.2, 0) is 11.2 Å². The summed E-state index contributed by atoms with van der Waals surface area (Å²) in [6.45, 7) is 2.00. The first-order valence-electron chi connectivity index (χ1n) is 11.9. The van der Waals surface area contributed by atoms with Crippen LogP contribution in [0.1, 0.15) is 70.3 Å². The molecule has 1 aromatic carbocycles. The van der Waals surface area contributed by atoms with Gasteiger partial charge >= 0.3 is 5.97 Å². The molecule has 0 spiro atoms. The number of aliphatic carboxylic acids is 1. The predicted molar refractivity (Wildman–Crippen MR) is 123 cm³/mol. The van der Waals surface area contributed by atoms with Crippen LogP contribution in [0.2, 0.25) is 0 Å². The number of allylic oxidation sites excluding steroid dienone is 2. The lowest BCUT2D eigenvalue weighted by Crippen LogP contribution is -2.23. The molecule has 1 aliphatic carbocycles. The van der Waals surface area contributed by atoms with Crippen molar-refractivity contribution < 1.29 is 25.2 Å². The number of hydrogen-bond donors (Lipinski definition) is 4. The minimum absolute atomic E-state index is 0.0153. The highest BCUT2D eigenvalue weighted by molar-refractivity contribution is 5.69. The molecule has 1 saturated carbocycles. The van der Waals surface area contributed by atoms with Crippen molar-refractivity contribution in [3.8, 4) is 0 Å². The lowest BCUT2D eigenvalue weighted by Gasteiger charge is -2.23. The quantitative estimate of drug-likeness (QED) is 0.328. The summed E-state index contributed by atoms with van der Waals surface area (Å²) in [5, 5.41) is 40.4. The van der Waals surface area contributed by atoms with Crippen LogP contribution in [0.25, 0.3) is 0 Å². The summed E-state index contributed by atoms with van der Waals surface area (Å²) >= 11 is 0. The zero-order valence-electron chi connectivity index (χ0n) is 18.8. The van der Waals surface area contributed by atoms with E-state index in [-0.39, 0.29) is 17.8 Å². The summed E-state index contributed by atoms with van der Waals surface area (Å²) in [5.74, 6) is -1.05. The first-order valence-corrected chi connectivity index (χ1v) is 11.9. The van der Waals surface area contributed by atoms with Gasteiger partial charge in [0.1, 0.15) is 0 Å². The highest BCUT2D eigenvalue weighted by Crippen LogP contribution is 2.38. The van der Waals surface area contributed by atoms with Crippen LogP contribution in [0, 0.1) is 17.8 Å². The zero-order valence-corrected chi connectivity index (χ0v) is 18.8. The normalized spacial score (nSPS) is 25.7. The average Bonchev–Trinajstić information content (AvgIpc) is 3.02. The lowest BCUT2D eigenvalue weighted by atomic mass is 9.85. The summed E-state index contributed by atoms with van der Waals surface area (Å²) in [5.41, 5.74) is 1.21. The maximum atomic E-state index is 11.2. The highest BCUT2D eigenvalue weighted by Gasteiger charge is 2.40. The van der Waals surface area contributed by atoms with E-state index in [1.165, 1.54) is 5.56 Å². The summed E-state index contributed by atoms with van der Waals surface area (Å²) in [4.78, 5) is 11.2. The minimum Gasteiger partial charge on any atom is -0.481 e. The van der Waals surface area contributed by atoms with E-state index in [0.29, 0.717) is 51.4 Å². The molecule has 0 bridgehead atoms. The zero-order chi connectivity index (χ0) is 22.6. The Kier molecular flexibility index (Phi) is 11.3. The number of aliphatic hydroxyl groups is 3. The van der Waals surface area contributed by atoms with Crippen molar-refractivity contribution in [2.45, 2.75) is 89.4 Å². The Morgan fingerprint density at radius 3 is 2.42 bits per heavy atom. The van der Waals surface area contributed by atoms with Gasteiger partial charge in [0.2, 0.25) is 0 Å².